The van der Waals surface area contributed by atoms with Crippen molar-refractivity contribution in [1.82, 2.24) is 15.1 Å². The molecule has 4 heteroatoms. The standard InChI is InChI=1S/C15H31N3O/c1-13(2)18-8-9-19-15(12-18)11-17(3)10-14-4-6-16-7-5-14/h13-16H,4-12H2,1-3H3. The zero-order valence-corrected chi connectivity index (χ0v) is 12.9. The third kappa shape index (κ3) is 5.03. The summed E-state index contributed by atoms with van der Waals surface area (Å²) in [6.07, 6.45) is 3.05. The number of morpholine rings is 1. The molecule has 0 bridgehead atoms. The van der Waals surface area contributed by atoms with Gasteiger partial charge in [-0.1, -0.05) is 0 Å². The molecule has 0 radical (unpaired) electrons. The van der Waals surface area contributed by atoms with Crippen LogP contribution in [-0.4, -0.2) is 74.9 Å². The van der Waals surface area contributed by atoms with E-state index < -0.39 is 0 Å². The molecule has 19 heavy (non-hydrogen) atoms. The minimum absolute atomic E-state index is 0.392. The number of likely N-dealkylation sites (N-methyl/N-ethyl adjacent to an activating group) is 1. The Bertz CT molecular complexity index is 254. The van der Waals surface area contributed by atoms with E-state index in [0.717, 1.165) is 32.2 Å². The molecule has 2 aliphatic rings. The van der Waals surface area contributed by atoms with Crippen molar-refractivity contribution in [3.8, 4) is 0 Å². The van der Waals surface area contributed by atoms with Crippen molar-refractivity contribution in [3.63, 3.8) is 0 Å². The van der Waals surface area contributed by atoms with Crippen LogP contribution in [-0.2, 0) is 4.74 Å². The maximum absolute atomic E-state index is 5.92. The largest absolute Gasteiger partial charge is 0.374 e. The fraction of sp³-hybridized carbons (Fsp3) is 1.00. The van der Waals surface area contributed by atoms with Crippen LogP contribution in [0.5, 0.6) is 0 Å². The van der Waals surface area contributed by atoms with E-state index in [1.165, 1.54) is 32.5 Å². The zero-order valence-electron chi connectivity index (χ0n) is 12.9. The van der Waals surface area contributed by atoms with Gasteiger partial charge in [-0.2, -0.15) is 0 Å². The molecule has 0 spiro atoms. The molecule has 2 fully saturated rings. The van der Waals surface area contributed by atoms with Crippen LogP contribution in [0.4, 0.5) is 0 Å². The number of hydrogen-bond donors (Lipinski definition) is 1. The van der Waals surface area contributed by atoms with Crippen LogP contribution in [0.1, 0.15) is 26.7 Å². The smallest absolute Gasteiger partial charge is 0.0829 e. The van der Waals surface area contributed by atoms with Gasteiger partial charge in [-0.15, -0.1) is 0 Å². The molecule has 2 rings (SSSR count). The van der Waals surface area contributed by atoms with E-state index in [9.17, 15) is 0 Å². The predicted octanol–water partition coefficient (Wildman–Crippen LogP) is 1.03. The SMILES string of the molecule is CC(C)N1CCOC(CN(C)CC2CCNCC2)C1. The van der Waals surface area contributed by atoms with Gasteiger partial charge in [-0.3, -0.25) is 4.90 Å². The number of nitrogens with zero attached hydrogens (tertiary/aromatic N) is 2. The van der Waals surface area contributed by atoms with E-state index in [1.54, 1.807) is 0 Å². The summed E-state index contributed by atoms with van der Waals surface area (Å²) in [5.41, 5.74) is 0. The number of rotatable bonds is 5. The number of ether oxygens (including phenoxy) is 1. The van der Waals surface area contributed by atoms with Crippen LogP contribution < -0.4 is 5.32 Å². The maximum atomic E-state index is 5.92. The molecule has 2 heterocycles. The zero-order chi connectivity index (χ0) is 13.7. The van der Waals surface area contributed by atoms with Crippen molar-refractivity contribution in [2.45, 2.75) is 38.8 Å². The number of piperidine rings is 1. The van der Waals surface area contributed by atoms with Crippen LogP contribution in [0.15, 0.2) is 0 Å². The van der Waals surface area contributed by atoms with Crippen LogP contribution in [0.25, 0.3) is 0 Å². The quantitative estimate of drug-likeness (QED) is 0.807. The molecule has 2 saturated heterocycles. The lowest BCUT2D eigenvalue weighted by Crippen LogP contribution is -2.49. The summed E-state index contributed by atoms with van der Waals surface area (Å²) in [6.45, 7) is 12.3. The van der Waals surface area contributed by atoms with Gasteiger partial charge >= 0.3 is 0 Å². The van der Waals surface area contributed by atoms with Gasteiger partial charge in [0, 0.05) is 32.2 Å². The van der Waals surface area contributed by atoms with E-state index >= 15 is 0 Å². The van der Waals surface area contributed by atoms with E-state index in [0.29, 0.717) is 12.1 Å². The van der Waals surface area contributed by atoms with Crippen LogP contribution in [0, 0.1) is 5.92 Å². The summed E-state index contributed by atoms with van der Waals surface area (Å²) >= 11 is 0. The Kier molecular flexibility index (Phi) is 6.07. The second-order valence-corrected chi connectivity index (χ2v) is 6.50. The van der Waals surface area contributed by atoms with Crippen molar-refractivity contribution in [1.29, 1.82) is 0 Å². The lowest BCUT2D eigenvalue weighted by atomic mass is 9.97. The Morgan fingerprint density at radius 2 is 2.00 bits per heavy atom. The molecule has 0 aromatic heterocycles. The molecule has 0 aliphatic carbocycles. The van der Waals surface area contributed by atoms with Crippen molar-refractivity contribution < 1.29 is 4.74 Å². The monoisotopic (exact) mass is 269 g/mol. The van der Waals surface area contributed by atoms with Gasteiger partial charge in [-0.25, -0.2) is 0 Å². The fourth-order valence-corrected chi connectivity index (χ4v) is 3.25. The Hall–Kier alpha value is -0.160. The second-order valence-electron chi connectivity index (χ2n) is 6.50. The van der Waals surface area contributed by atoms with E-state index in [1.807, 2.05) is 0 Å². The molecule has 0 aromatic rings. The maximum Gasteiger partial charge on any atom is 0.0829 e. The first-order chi connectivity index (χ1) is 9.15. The van der Waals surface area contributed by atoms with Crippen LogP contribution in [0.3, 0.4) is 0 Å². The third-order valence-corrected chi connectivity index (χ3v) is 4.44. The Morgan fingerprint density at radius 3 is 2.68 bits per heavy atom. The molecule has 1 unspecified atom stereocenters. The van der Waals surface area contributed by atoms with Gasteiger partial charge < -0.3 is 15.0 Å². The Labute approximate surface area is 118 Å². The molecule has 4 nitrogen and oxygen atoms in total. The molecule has 112 valence electrons. The first kappa shape index (κ1) is 15.2. The molecule has 1 atom stereocenters. The Balaban J connectivity index is 1.70. The first-order valence-corrected chi connectivity index (χ1v) is 7.90. The molecular weight excluding hydrogens is 238 g/mol. The molecule has 1 N–H and O–H groups in total. The summed E-state index contributed by atoms with van der Waals surface area (Å²) in [4.78, 5) is 5.01. The molecule has 0 aromatic carbocycles. The van der Waals surface area contributed by atoms with Gasteiger partial charge in [0.15, 0.2) is 0 Å². The van der Waals surface area contributed by atoms with E-state index in [-0.39, 0.29) is 0 Å². The normalized spacial score (nSPS) is 27.3. The summed E-state index contributed by atoms with van der Waals surface area (Å²) in [5.74, 6) is 0.871. The summed E-state index contributed by atoms with van der Waals surface area (Å²) in [6, 6.07) is 0.640. The number of hydrogen-bond acceptors (Lipinski definition) is 4. The highest BCUT2D eigenvalue weighted by Gasteiger charge is 2.24. The van der Waals surface area contributed by atoms with Crippen molar-refractivity contribution in [3.05, 3.63) is 0 Å². The Morgan fingerprint density at radius 1 is 1.26 bits per heavy atom. The minimum atomic E-state index is 0.392. The van der Waals surface area contributed by atoms with E-state index in [2.05, 4.69) is 36.0 Å². The number of nitrogens with one attached hydrogen (secondary N) is 1. The lowest BCUT2D eigenvalue weighted by molar-refractivity contribution is -0.0509. The fourth-order valence-electron chi connectivity index (χ4n) is 3.25. The molecular formula is C15H31N3O. The van der Waals surface area contributed by atoms with Crippen LogP contribution in [0.2, 0.25) is 0 Å². The summed E-state index contributed by atoms with van der Waals surface area (Å²) < 4.78 is 5.92. The van der Waals surface area contributed by atoms with Gasteiger partial charge in [0.2, 0.25) is 0 Å². The molecule has 0 amide bonds. The minimum Gasteiger partial charge on any atom is -0.374 e. The predicted molar refractivity (Wildman–Crippen MR) is 79.5 cm³/mol. The topological polar surface area (TPSA) is 27.7 Å². The second kappa shape index (κ2) is 7.58. The average molecular weight is 269 g/mol. The van der Waals surface area contributed by atoms with Crippen LogP contribution >= 0.6 is 0 Å². The third-order valence-electron chi connectivity index (χ3n) is 4.44. The van der Waals surface area contributed by atoms with Gasteiger partial charge in [-0.05, 0) is 52.7 Å². The van der Waals surface area contributed by atoms with Crippen molar-refractivity contribution >= 4 is 0 Å². The average Bonchev–Trinajstić information content (AvgIpc) is 2.40. The molecule has 0 saturated carbocycles. The van der Waals surface area contributed by atoms with Gasteiger partial charge in [0.25, 0.3) is 0 Å². The highest BCUT2D eigenvalue weighted by atomic mass is 16.5. The summed E-state index contributed by atoms with van der Waals surface area (Å²) in [7, 11) is 2.25. The van der Waals surface area contributed by atoms with Gasteiger partial charge in [0.05, 0.1) is 12.7 Å². The highest BCUT2D eigenvalue weighted by Crippen LogP contribution is 2.14. The first-order valence-electron chi connectivity index (χ1n) is 7.90. The lowest BCUT2D eigenvalue weighted by Gasteiger charge is -2.37. The van der Waals surface area contributed by atoms with Crippen molar-refractivity contribution in [2.24, 2.45) is 5.92 Å². The van der Waals surface area contributed by atoms with Crippen molar-refractivity contribution in [2.75, 3.05) is 52.9 Å². The van der Waals surface area contributed by atoms with Gasteiger partial charge in [0.1, 0.15) is 0 Å². The highest BCUT2D eigenvalue weighted by molar-refractivity contribution is 4.78. The molecule has 2 aliphatic heterocycles. The summed E-state index contributed by atoms with van der Waals surface area (Å²) in [5, 5.41) is 3.44. The van der Waals surface area contributed by atoms with E-state index in [4.69, 9.17) is 4.74 Å².